The fourth-order valence-electron chi connectivity index (χ4n) is 2.52. The third kappa shape index (κ3) is 3.15. The van der Waals surface area contributed by atoms with Crippen LogP contribution in [0.1, 0.15) is 26.5 Å². The van der Waals surface area contributed by atoms with Crippen molar-refractivity contribution in [1.82, 2.24) is 15.6 Å². The SMILES string of the molecule is CC(C)(C)[C@H]1CNC(=O)[C@@H]1C(=O)NCc1ccccn1. The number of amides is 2. The lowest BCUT2D eigenvalue weighted by molar-refractivity contribution is -0.135. The lowest BCUT2D eigenvalue weighted by Crippen LogP contribution is -2.40. The lowest BCUT2D eigenvalue weighted by atomic mass is 9.74. The van der Waals surface area contributed by atoms with Crippen molar-refractivity contribution in [3.8, 4) is 0 Å². The Morgan fingerprint density at radius 3 is 2.80 bits per heavy atom. The second-order valence-corrected chi connectivity index (χ2v) is 6.23. The smallest absolute Gasteiger partial charge is 0.233 e. The molecule has 1 aliphatic heterocycles. The molecule has 1 saturated heterocycles. The summed E-state index contributed by atoms with van der Waals surface area (Å²) in [5.41, 5.74) is 0.693. The van der Waals surface area contributed by atoms with Crippen LogP contribution in [0.4, 0.5) is 0 Å². The summed E-state index contributed by atoms with van der Waals surface area (Å²) in [7, 11) is 0. The first kappa shape index (κ1) is 14.5. The van der Waals surface area contributed by atoms with E-state index in [0.29, 0.717) is 13.1 Å². The molecule has 1 aromatic heterocycles. The molecular weight excluding hydrogens is 254 g/mol. The molecule has 5 nitrogen and oxygen atoms in total. The molecule has 2 amide bonds. The molecule has 2 atom stereocenters. The Morgan fingerprint density at radius 2 is 2.20 bits per heavy atom. The van der Waals surface area contributed by atoms with Crippen molar-refractivity contribution in [2.75, 3.05) is 6.54 Å². The molecule has 1 aliphatic rings. The van der Waals surface area contributed by atoms with E-state index in [2.05, 4.69) is 36.4 Å². The second kappa shape index (κ2) is 5.61. The molecule has 0 radical (unpaired) electrons. The molecule has 108 valence electrons. The maximum atomic E-state index is 12.3. The summed E-state index contributed by atoms with van der Waals surface area (Å²) in [4.78, 5) is 28.3. The Hall–Kier alpha value is -1.91. The van der Waals surface area contributed by atoms with E-state index >= 15 is 0 Å². The molecular formula is C15H21N3O2. The minimum Gasteiger partial charge on any atom is -0.355 e. The predicted octanol–water partition coefficient (Wildman–Crippen LogP) is 1.11. The number of rotatable bonds is 3. The van der Waals surface area contributed by atoms with E-state index in [1.807, 2.05) is 18.2 Å². The highest BCUT2D eigenvalue weighted by atomic mass is 16.2. The van der Waals surface area contributed by atoms with Crippen LogP contribution in [0.15, 0.2) is 24.4 Å². The van der Waals surface area contributed by atoms with E-state index < -0.39 is 5.92 Å². The van der Waals surface area contributed by atoms with Crippen LogP contribution in [-0.4, -0.2) is 23.3 Å². The summed E-state index contributed by atoms with van der Waals surface area (Å²) < 4.78 is 0. The molecule has 0 bridgehead atoms. The maximum Gasteiger partial charge on any atom is 0.233 e. The fourth-order valence-corrected chi connectivity index (χ4v) is 2.52. The van der Waals surface area contributed by atoms with E-state index in [0.717, 1.165) is 5.69 Å². The number of nitrogens with zero attached hydrogens (tertiary/aromatic N) is 1. The van der Waals surface area contributed by atoms with E-state index in [-0.39, 0.29) is 23.1 Å². The quantitative estimate of drug-likeness (QED) is 0.812. The van der Waals surface area contributed by atoms with Gasteiger partial charge in [-0.15, -0.1) is 0 Å². The third-order valence-corrected chi connectivity index (χ3v) is 3.75. The van der Waals surface area contributed by atoms with E-state index in [1.54, 1.807) is 6.20 Å². The van der Waals surface area contributed by atoms with Gasteiger partial charge in [0.25, 0.3) is 0 Å². The number of pyridine rings is 1. The van der Waals surface area contributed by atoms with Crippen molar-refractivity contribution < 1.29 is 9.59 Å². The predicted molar refractivity (Wildman–Crippen MR) is 75.5 cm³/mol. The Bertz CT molecular complexity index is 494. The van der Waals surface area contributed by atoms with E-state index in [9.17, 15) is 9.59 Å². The summed E-state index contributed by atoms with van der Waals surface area (Å²) in [6.45, 7) is 7.06. The zero-order valence-electron chi connectivity index (χ0n) is 12.1. The normalized spacial score (nSPS) is 22.4. The summed E-state index contributed by atoms with van der Waals surface area (Å²) in [5.74, 6) is -0.994. The van der Waals surface area contributed by atoms with Crippen LogP contribution in [0, 0.1) is 17.3 Å². The minimum atomic E-state index is -0.612. The van der Waals surface area contributed by atoms with Crippen molar-refractivity contribution in [2.45, 2.75) is 27.3 Å². The zero-order valence-corrected chi connectivity index (χ0v) is 12.1. The van der Waals surface area contributed by atoms with Gasteiger partial charge in [0.15, 0.2) is 0 Å². The molecule has 0 spiro atoms. The topological polar surface area (TPSA) is 71.1 Å². The van der Waals surface area contributed by atoms with Gasteiger partial charge in [0, 0.05) is 18.7 Å². The largest absolute Gasteiger partial charge is 0.355 e. The molecule has 2 N–H and O–H groups in total. The van der Waals surface area contributed by atoms with Gasteiger partial charge in [-0.1, -0.05) is 26.8 Å². The second-order valence-electron chi connectivity index (χ2n) is 6.23. The monoisotopic (exact) mass is 275 g/mol. The van der Waals surface area contributed by atoms with Crippen molar-refractivity contribution in [2.24, 2.45) is 17.3 Å². The summed E-state index contributed by atoms with van der Waals surface area (Å²) in [6, 6.07) is 5.54. The lowest BCUT2D eigenvalue weighted by Gasteiger charge is -2.29. The van der Waals surface area contributed by atoms with Crippen LogP contribution in [0.25, 0.3) is 0 Å². The number of carbonyl (C=O) groups is 2. The molecule has 0 aliphatic carbocycles. The van der Waals surface area contributed by atoms with Crippen LogP contribution < -0.4 is 10.6 Å². The Morgan fingerprint density at radius 1 is 1.45 bits per heavy atom. The number of carbonyl (C=O) groups excluding carboxylic acids is 2. The molecule has 0 unspecified atom stereocenters. The van der Waals surface area contributed by atoms with Crippen LogP contribution in [0.5, 0.6) is 0 Å². The fraction of sp³-hybridized carbons (Fsp3) is 0.533. The van der Waals surface area contributed by atoms with Gasteiger partial charge in [-0.25, -0.2) is 0 Å². The summed E-state index contributed by atoms with van der Waals surface area (Å²) in [6.07, 6.45) is 1.68. The van der Waals surface area contributed by atoms with Crippen LogP contribution in [-0.2, 0) is 16.1 Å². The summed E-state index contributed by atoms with van der Waals surface area (Å²) >= 11 is 0. The van der Waals surface area contributed by atoms with Crippen molar-refractivity contribution in [1.29, 1.82) is 0 Å². The first-order valence-corrected chi connectivity index (χ1v) is 6.85. The van der Waals surface area contributed by atoms with Crippen molar-refractivity contribution in [3.63, 3.8) is 0 Å². The molecule has 2 heterocycles. The molecule has 5 heteroatoms. The van der Waals surface area contributed by atoms with Crippen LogP contribution >= 0.6 is 0 Å². The molecule has 1 fully saturated rings. The highest BCUT2D eigenvalue weighted by Gasteiger charge is 2.45. The Balaban J connectivity index is 2.02. The van der Waals surface area contributed by atoms with Gasteiger partial charge in [-0.2, -0.15) is 0 Å². The molecule has 2 rings (SSSR count). The van der Waals surface area contributed by atoms with Crippen molar-refractivity contribution in [3.05, 3.63) is 30.1 Å². The van der Waals surface area contributed by atoms with Gasteiger partial charge in [0.2, 0.25) is 11.8 Å². The minimum absolute atomic E-state index is 0.0127. The zero-order chi connectivity index (χ0) is 14.8. The molecule has 0 saturated carbocycles. The van der Waals surface area contributed by atoms with Crippen molar-refractivity contribution >= 4 is 11.8 Å². The van der Waals surface area contributed by atoms with E-state index in [4.69, 9.17) is 0 Å². The standard InChI is InChI=1S/C15H21N3O2/c1-15(2,3)11-9-18-14(20)12(11)13(19)17-8-10-6-4-5-7-16-10/h4-7,11-12H,8-9H2,1-3H3,(H,17,19)(H,18,20)/t11-,12-/m0/s1. The van der Waals surface area contributed by atoms with Gasteiger partial charge < -0.3 is 10.6 Å². The highest BCUT2D eigenvalue weighted by molar-refractivity contribution is 6.02. The third-order valence-electron chi connectivity index (χ3n) is 3.75. The number of hydrogen-bond donors (Lipinski definition) is 2. The highest BCUT2D eigenvalue weighted by Crippen LogP contribution is 2.35. The Kier molecular flexibility index (Phi) is 4.06. The number of hydrogen-bond acceptors (Lipinski definition) is 3. The summed E-state index contributed by atoms with van der Waals surface area (Å²) in [5, 5.41) is 5.60. The number of aromatic nitrogens is 1. The Labute approximate surface area is 119 Å². The van der Waals surface area contributed by atoms with Crippen LogP contribution in [0.3, 0.4) is 0 Å². The molecule has 20 heavy (non-hydrogen) atoms. The van der Waals surface area contributed by atoms with E-state index in [1.165, 1.54) is 0 Å². The van der Waals surface area contributed by atoms with Gasteiger partial charge in [0.05, 0.1) is 12.2 Å². The van der Waals surface area contributed by atoms with Crippen LogP contribution in [0.2, 0.25) is 0 Å². The maximum absolute atomic E-state index is 12.3. The first-order chi connectivity index (χ1) is 9.39. The number of nitrogens with one attached hydrogen (secondary N) is 2. The molecule has 0 aromatic carbocycles. The average molecular weight is 275 g/mol. The van der Waals surface area contributed by atoms with Gasteiger partial charge in [0.1, 0.15) is 5.92 Å². The first-order valence-electron chi connectivity index (χ1n) is 6.85. The van der Waals surface area contributed by atoms with Gasteiger partial charge >= 0.3 is 0 Å². The van der Waals surface area contributed by atoms with Gasteiger partial charge in [-0.05, 0) is 17.5 Å². The average Bonchev–Trinajstić information content (AvgIpc) is 2.79. The molecule has 1 aromatic rings. The van der Waals surface area contributed by atoms with Gasteiger partial charge in [-0.3, -0.25) is 14.6 Å².